The summed E-state index contributed by atoms with van der Waals surface area (Å²) in [5, 5.41) is 3.19. The number of nitrogens with zero attached hydrogens (tertiary/aromatic N) is 1. The molecule has 0 spiro atoms. The molecule has 0 saturated carbocycles. The fourth-order valence-corrected chi connectivity index (χ4v) is 2.97. The molecule has 2 bridgehead atoms. The van der Waals surface area contributed by atoms with E-state index in [1.807, 2.05) is 30.3 Å². The van der Waals surface area contributed by atoms with Crippen molar-refractivity contribution in [2.45, 2.75) is 18.9 Å². The molecule has 0 aromatic heterocycles. The van der Waals surface area contributed by atoms with Crippen LogP contribution in [0.15, 0.2) is 30.3 Å². The molecule has 1 aromatic carbocycles. The molecule has 3 heteroatoms. The van der Waals surface area contributed by atoms with E-state index in [9.17, 15) is 4.79 Å². The molecule has 1 atom stereocenters. The Bertz CT molecular complexity index is 396. The van der Waals surface area contributed by atoms with E-state index in [-0.39, 0.29) is 5.91 Å². The number of rotatable bonds is 2. The summed E-state index contributed by atoms with van der Waals surface area (Å²) in [6, 6.07) is 9.85. The zero-order valence-corrected chi connectivity index (χ0v) is 9.93. The Hall–Kier alpha value is -1.35. The lowest BCUT2D eigenvalue weighted by molar-refractivity contribution is 0.0620. The van der Waals surface area contributed by atoms with Crippen molar-refractivity contribution >= 4 is 5.91 Å². The van der Waals surface area contributed by atoms with Gasteiger partial charge in [0.1, 0.15) is 0 Å². The maximum absolute atomic E-state index is 12.1. The Kier molecular flexibility index (Phi) is 2.85. The van der Waals surface area contributed by atoms with Gasteiger partial charge >= 0.3 is 0 Å². The van der Waals surface area contributed by atoms with Crippen LogP contribution in [-0.4, -0.2) is 36.5 Å². The lowest BCUT2D eigenvalue weighted by Crippen LogP contribution is -2.57. The number of hydrogen-bond donors (Lipinski definition) is 1. The number of carbonyl (C=O) groups is 1. The number of amides is 1. The van der Waals surface area contributed by atoms with Crippen LogP contribution in [0, 0.1) is 5.92 Å². The molecule has 0 aliphatic carbocycles. The van der Waals surface area contributed by atoms with Crippen molar-refractivity contribution < 1.29 is 4.79 Å². The van der Waals surface area contributed by atoms with Crippen LogP contribution in [-0.2, 0) is 0 Å². The Labute approximate surface area is 102 Å². The van der Waals surface area contributed by atoms with Crippen molar-refractivity contribution in [1.82, 2.24) is 10.2 Å². The van der Waals surface area contributed by atoms with E-state index in [0.717, 1.165) is 12.1 Å². The van der Waals surface area contributed by atoms with Crippen LogP contribution in [0.4, 0.5) is 0 Å². The third-order valence-electron chi connectivity index (χ3n) is 4.01. The Morgan fingerprint density at radius 2 is 1.88 bits per heavy atom. The van der Waals surface area contributed by atoms with Gasteiger partial charge in [0.2, 0.25) is 0 Å². The fourth-order valence-electron chi connectivity index (χ4n) is 2.97. The van der Waals surface area contributed by atoms with Crippen LogP contribution >= 0.6 is 0 Å². The standard InChI is InChI=1S/C14H18N2O/c17-14(12-4-2-1-3-5-12)15-13-10-16-8-6-11(13)7-9-16/h1-5,11,13H,6-10H2,(H,15,17)/t13-/m1/s1. The van der Waals surface area contributed by atoms with Crippen molar-refractivity contribution in [2.75, 3.05) is 19.6 Å². The third kappa shape index (κ3) is 2.20. The van der Waals surface area contributed by atoms with Crippen LogP contribution in [0.25, 0.3) is 0 Å². The molecule has 3 fully saturated rings. The smallest absolute Gasteiger partial charge is 0.251 e. The van der Waals surface area contributed by atoms with Gasteiger partial charge in [0.25, 0.3) is 5.91 Å². The normalized spacial score (nSPS) is 31.2. The van der Waals surface area contributed by atoms with Crippen LogP contribution in [0.2, 0.25) is 0 Å². The number of carbonyl (C=O) groups excluding carboxylic acids is 1. The van der Waals surface area contributed by atoms with Gasteiger partial charge in [-0.2, -0.15) is 0 Å². The number of hydrogen-bond acceptors (Lipinski definition) is 2. The SMILES string of the molecule is O=C(N[C@@H]1CN2CCC1CC2)c1ccccc1. The molecule has 0 unspecified atom stereocenters. The van der Waals surface area contributed by atoms with E-state index >= 15 is 0 Å². The van der Waals surface area contributed by atoms with Gasteiger partial charge in [0, 0.05) is 18.2 Å². The van der Waals surface area contributed by atoms with E-state index < -0.39 is 0 Å². The molecular weight excluding hydrogens is 212 g/mol. The van der Waals surface area contributed by atoms with Crippen molar-refractivity contribution in [3.63, 3.8) is 0 Å². The monoisotopic (exact) mass is 230 g/mol. The highest BCUT2D eigenvalue weighted by Crippen LogP contribution is 2.27. The second kappa shape index (κ2) is 4.49. The second-order valence-electron chi connectivity index (χ2n) is 5.08. The first-order valence-corrected chi connectivity index (χ1v) is 6.41. The van der Waals surface area contributed by atoms with Gasteiger partial charge in [-0.25, -0.2) is 0 Å². The molecule has 17 heavy (non-hydrogen) atoms. The molecule has 3 nitrogen and oxygen atoms in total. The van der Waals surface area contributed by atoms with Crippen LogP contribution in [0.3, 0.4) is 0 Å². The Morgan fingerprint density at radius 1 is 1.18 bits per heavy atom. The minimum atomic E-state index is 0.0735. The first-order valence-electron chi connectivity index (χ1n) is 6.41. The third-order valence-corrected chi connectivity index (χ3v) is 4.01. The summed E-state index contributed by atoms with van der Waals surface area (Å²) in [5.41, 5.74) is 0.768. The summed E-state index contributed by atoms with van der Waals surface area (Å²) in [7, 11) is 0. The van der Waals surface area contributed by atoms with Crippen molar-refractivity contribution in [3.05, 3.63) is 35.9 Å². The topological polar surface area (TPSA) is 32.3 Å². The van der Waals surface area contributed by atoms with E-state index in [1.54, 1.807) is 0 Å². The van der Waals surface area contributed by atoms with E-state index in [2.05, 4.69) is 10.2 Å². The number of benzene rings is 1. The minimum absolute atomic E-state index is 0.0735. The largest absolute Gasteiger partial charge is 0.348 e. The Balaban J connectivity index is 1.66. The molecular formula is C14H18N2O. The number of piperidine rings is 3. The first kappa shape index (κ1) is 10.8. The van der Waals surface area contributed by atoms with Gasteiger partial charge < -0.3 is 10.2 Å². The second-order valence-corrected chi connectivity index (χ2v) is 5.08. The van der Waals surface area contributed by atoms with Crippen LogP contribution in [0.1, 0.15) is 23.2 Å². The summed E-state index contributed by atoms with van der Waals surface area (Å²) in [5.74, 6) is 0.761. The predicted molar refractivity (Wildman–Crippen MR) is 66.9 cm³/mol. The lowest BCUT2D eigenvalue weighted by atomic mass is 9.84. The van der Waals surface area contributed by atoms with E-state index in [4.69, 9.17) is 0 Å². The van der Waals surface area contributed by atoms with E-state index in [1.165, 1.54) is 25.9 Å². The molecule has 3 aliphatic rings. The average Bonchev–Trinajstić information content (AvgIpc) is 2.41. The summed E-state index contributed by atoms with van der Waals surface area (Å²) in [6.45, 7) is 3.45. The molecule has 1 aromatic rings. The highest BCUT2D eigenvalue weighted by molar-refractivity contribution is 5.94. The molecule has 0 radical (unpaired) electrons. The molecule has 1 N–H and O–H groups in total. The van der Waals surface area contributed by atoms with Gasteiger partial charge in [-0.3, -0.25) is 4.79 Å². The summed E-state index contributed by atoms with van der Waals surface area (Å²) < 4.78 is 0. The van der Waals surface area contributed by atoms with Crippen molar-refractivity contribution in [1.29, 1.82) is 0 Å². The highest BCUT2D eigenvalue weighted by Gasteiger charge is 2.34. The quantitative estimate of drug-likeness (QED) is 0.835. The molecule has 3 saturated heterocycles. The minimum Gasteiger partial charge on any atom is -0.348 e. The molecule has 90 valence electrons. The zero-order chi connectivity index (χ0) is 11.7. The van der Waals surface area contributed by atoms with E-state index in [0.29, 0.717) is 12.0 Å². The fraction of sp³-hybridized carbons (Fsp3) is 0.500. The van der Waals surface area contributed by atoms with Gasteiger partial charge in [-0.05, 0) is 44.0 Å². The van der Waals surface area contributed by atoms with Crippen LogP contribution < -0.4 is 5.32 Å². The molecule has 3 heterocycles. The summed E-state index contributed by atoms with van der Waals surface area (Å²) in [4.78, 5) is 14.5. The molecule has 1 amide bonds. The highest BCUT2D eigenvalue weighted by atomic mass is 16.1. The molecule has 4 rings (SSSR count). The maximum Gasteiger partial charge on any atom is 0.251 e. The number of fused-ring (bicyclic) bond motifs is 3. The lowest BCUT2D eigenvalue weighted by Gasteiger charge is -2.44. The summed E-state index contributed by atoms with van der Waals surface area (Å²) in [6.07, 6.45) is 2.47. The van der Waals surface area contributed by atoms with Gasteiger partial charge in [0.15, 0.2) is 0 Å². The van der Waals surface area contributed by atoms with Crippen LogP contribution in [0.5, 0.6) is 0 Å². The maximum atomic E-state index is 12.1. The Morgan fingerprint density at radius 3 is 2.47 bits per heavy atom. The van der Waals surface area contributed by atoms with Gasteiger partial charge in [-0.1, -0.05) is 18.2 Å². The predicted octanol–water partition coefficient (Wildman–Crippen LogP) is 1.51. The first-order chi connectivity index (χ1) is 8.33. The summed E-state index contributed by atoms with van der Waals surface area (Å²) >= 11 is 0. The zero-order valence-electron chi connectivity index (χ0n) is 9.93. The number of nitrogens with one attached hydrogen (secondary N) is 1. The van der Waals surface area contributed by atoms with Crippen molar-refractivity contribution in [2.24, 2.45) is 5.92 Å². The van der Waals surface area contributed by atoms with Crippen molar-refractivity contribution in [3.8, 4) is 0 Å². The van der Waals surface area contributed by atoms with Gasteiger partial charge in [0.05, 0.1) is 0 Å². The van der Waals surface area contributed by atoms with Gasteiger partial charge in [-0.15, -0.1) is 0 Å². The molecule has 3 aliphatic heterocycles. The average molecular weight is 230 g/mol.